The van der Waals surface area contributed by atoms with Crippen molar-refractivity contribution in [3.8, 4) is 0 Å². The molecule has 3 amide bonds. The van der Waals surface area contributed by atoms with Gasteiger partial charge in [0.2, 0.25) is 10.0 Å². The van der Waals surface area contributed by atoms with Crippen LogP contribution in [0.5, 0.6) is 0 Å². The zero-order valence-electron chi connectivity index (χ0n) is 19.1. The van der Waals surface area contributed by atoms with Crippen LogP contribution in [-0.4, -0.2) is 50.4 Å². The van der Waals surface area contributed by atoms with Gasteiger partial charge in [0.1, 0.15) is 5.54 Å². The number of carbonyl (C=O) groups is 3. The molecule has 1 fully saturated rings. The number of rotatable bonds is 6. The summed E-state index contributed by atoms with van der Waals surface area (Å²) in [6.07, 6.45) is 1.64. The van der Waals surface area contributed by atoms with Crippen molar-refractivity contribution in [1.29, 1.82) is 0 Å². The number of nitrogens with zero attached hydrogens (tertiary/aromatic N) is 2. The summed E-state index contributed by atoms with van der Waals surface area (Å²) >= 11 is 0. The van der Waals surface area contributed by atoms with Gasteiger partial charge in [0.15, 0.2) is 5.78 Å². The Balaban J connectivity index is 1.53. The third-order valence-corrected chi connectivity index (χ3v) is 7.57. The van der Waals surface area contributed by atoms with Crippen molar-refractivity contribution in [3.63, 3.8) is 0 Å². The minimum atomic E-state index is -3.39. The Morgan fingerprint density at radius 1 is 1.12 bits per heavy atom. The Morgan fingerprint density at radius 3 is 2.39 bits per heavy atom. The number of hydrogen-bond acceptors (Lipinski definition) is 5. The van der Waals surface area contributed by atoms with Crippen LogP contribution in [0.15, 0.2) is 42.5 Å². The number of carbonyl (C=O) groups excluding carboxylic acids is 3. The van der Waals surface area contributed by atoms with Crippen molar-refractivity contribution in [2.75, 3.05) is 23.7 Å². The molecule has 1 N–H and O–H groups in total. The molecule has 0 aliphatic carbocycles. The molecular formula is C24H27N3O5S. The first kappa shape index (κ1) is 23.0. The third kappa shape index (κ3) is 4.01. The van der Waals surface area contributed by atoms with Crippen LogP contribution in [0.1, 0.15) is 53.7 Å². The first-order valence-corrected chi connectivity index (χ1v) is 12.6. The summed E-state index contributed by atoms with van der Waals surface area (Å²) < 4.78 is 25.1. The van der Waals surface area contributed by atoms with Gasteiger partial charge in [-0.15, -0.1) is 0 Å². The number of amides is 3. The number of nitrogens with one attached hydrogen (secondary N) is 1. The molecule has 2 aliphatic rings. The van der Waals surface area contributed by atoms with E-state index in [1.807, 2.05) is 24.3 Å². The summed E-state index contributed by atoms with van der Waals surface area (Å²) in [6, 6.07) is 11.7. The minimum absolute atomic E-state index is 0.326. The zero-order valence-corrected chi connectivity index (χ0v) is 19.9. The lowest BCUT2D eigenvalue weighted by molar-refractivity contribution is -0.130. The monoisotopic (exact) mass is 469 g/mol. The SMILES string of the molecule is CC(C)c1ccc(C2(C)NC(=O)N(CC(=O)c3ccc4c(c3)CCN4S(C)(=O)=O)C2=O)cc1. The maximum atomic E-state index is 13.2. The highest BCUT2D eigenvalue weighted by Gasteiger charge is 2.49. The summed E-state index contributed by atoms with van der Waals surface area (Å²) in [5, 5.41) is 2.73. The number of ketones is 1. The molecule has 8 nitrogen and oxygen atoms in total. The summed E-state index contributed by atoms with van der Waals surface area (Å²) in [7, 11) is -3.39. The number of fused-ring (bicyclic) bond motifs is 1. The summed E-state index contributed by atoms with van der Waals surface area (Å²) in [6.45, 7) is 5.72. The van der Waals surface area contributed by atoms with Gasteiger partial charge in [-0.1, -0.05) is 38.1 Å². The Kier molecular flexibility index (Phi) is 5.56. The molecule has 2 aromatic carbocycles. The van der Waals surface area contributed by atoms with Gasteiger partial charge >= 0.3 is 6.03 Å². The van der Waals surface area contributed by atoms with Crippen molar-refractivity contribution < 1.29 is 22.8 Å². The van der Waals surface area contributed by atoms with Crippen LogP contribution in [0.4, 0.5) is 10.5 Å². The second kappa shape index (κ2) is 7.98. The lowest BCUT2D eigenvalue weighted by atomic mass is 9.90. The van der Waals surface area contributed by atoms with Gasteiger partial charge in [0.05, 0.1) is 18.5 Å². The second-order valence-corrected chi connectivity index (χ2v) is 11.0. The quantitative estimate of drug-likeness (QED) is 0.518. The van der Waals surface area contributed by atoms with Gasteiger partial charge in [0.25, 0.3) is 5.91 Å². The van der Waals surface area contributed by atoms with Crippen molar-refractivity contribution >= 4 is 33.4 Å². The molecule has 9 heteroatoms. The molecule has 2 heterocycles. The maximum absolute atomic E-state index is 13.2. The number of hydrogen-bond donors (Lipinski definition) is 1. The first-order chi connectivity index (χ1) is 15.4. The molecule has 0 spiro atoms. The van der Waals surface area contributed by atoms with E-state index < -0.39 is 33.3 Å². The predicted octanol–water partition coefficient (Wildman–Crippen LogP) is 2.78. The van der Waals surface area contributed by atoms with Crippen LogP contribution < -0.4 is 9.62 Å². The zero-order chi connectivity index (χ0) is 24.1. The van der Waals surface area contributed by atoms with Gasteiger partial charge < -0.3 is 5.32 Å². The molecule has 2 aliphatic heterocycles. The Morgan fingerprint density at radius 2 is 1.79 bits per heavy atom. The normalized spacial score (nSPS) is 20.4. The summed E-state index contributed by atoms with van der Waals surface area (Å²) in [5.74, 6) is -0.534. The minimum Gasteiger partial charge on any atom is -0.319 e. The molecule has 1 unspecified atom stereocenters. The van der Waals surface area contributed by atoms with E-state index in [1.165, 1.54) is 10.4 Å². The van der Waals surface area contributed by atoms with Gasteiger partial charge in [0, 0.05) is 12.1 Å². The van der Waals surface area contributed by atoms with Crippen molar-refractivity contribution in [2.45, 2.75) is 38.6 Å². The molecule has 2 aromatic rings. The lowest BCUT2D eigenvalue weighted by Gasteiger charge is -2.22. The maximum Gasteiger partial charge on any atom is 0.325 e. The molecule has 0 radical (unpaired) electrons. The molecule has 0 saturated carbocycles. The number of sulfonamides is 1. The Hall–Kier alpha value is -3.20. The van der Waals surface area contributed by atoms with E-state index in [-0.39, 0.29) is 6.54 Å². The van der Waals surface area contributed by atoms with E-state index in [1.54, 1.807) is 19.1 Å². The average molecular weight is 470 g/mol. The fourth-order valence-electron chi connectivity index (χ4n) is 4.36. The predicted molar refractivity (Wildman–Crippen MR) is 125 cm³/mol. The van der Waals surface area contributed by atoms with E-state index >= 15 is 0 Å². The van der Waals surface area contributed by atoms with Gasteiger partial charge in [-0.25, -0.2) is 13.2 Å². The topological polar surface area (TPSA) is 104 Å². The summed E-state index contributed by atoms with van der Waals surface area (Å²) in [4.78, 5) is 39.7. The third-order valence-electron chi connectivity index (χ3n) is 6.39. The van der Waals surface area contributed by atoms with Gasteiger partial charge in [-0.2, -0.15) is 0 Å². The number of anilines is 1. The van der Waals surface area contributed by atoms with Crippen LogP contribution in [0.2, 0.25) is 0 Å². The molecule has 1 atom stereocenters. The highest BCUT2D eigenvalue weighted by atomic mass is 32.2. The molecule has 33 heavy (non-hydrogen) atoms. The van der Waals surface area contributed by atoms with Crippen molar-refractivity contribution in [1.82, 2.24) is 10.2 Å². The Labute approximate surface area is 193 Å². The molecule has 4 rings (SSSR count). The van der Waals surface area contributed by atoms with Crippen LogP contribution in [-0.2, 0) is 26.8 Å². The van der Waals surface area contributed by atoms with E-state index in [0.717, 1.165) is 22.3 Å². The van der Waals surface area contributed by atoms with E-state index in [9.17, 15) is 22.8 Å². The van der Waals surface area contributed by atoms with Crippen molar-refractivity contribution in [3.05, 3.63) is 64.7 Å². The van der Waals surface area contributed by atoms with Crippen LogP contribution in [0, 0.1) is 0 Å². The highest BCUT2D eigenvalue weighted by Crippen LogP contribution is 2.32. The largest absolute Gasteiger partial charge is 0.325 e. The van der Waals surface area contributed by atoms with E-state index in [2.05, 4.69) is 19.2 Å². The lowest BCUT2D eigenvalue weighted by Crippen LogP contribution is -2.41. The van der Waals surface area contributed by atoms with Crippen LogP contribution in [0.25, 0.3) is 0 Å². The van der Waals surface area contributed by atoms with E-state index in [4.69, 9.17) is 0 Å². The molecular weight excluding hydrogens is 442 g/mol. The average Bonchev–Trinajstić information content (AvgIpc) is 3.28. The smallest absolute Gasteiger partial charge is 0.319 e. The van der Waals surface area contributed by atoms with Gasteiger partial charge in [-0.3, -0.25) is 18.8 Å². The molecule has 1 saturated heterocycles. The Bertz CT molecular complexity index is 1250. The molecule has 174 valence electrons. The second-order valence-electron chi connectivity index (χ2n) is 9.07. The van der Waals surface area contributed by atoms with Crippen LogP contribution in [0.3, 0.4) is 0 Å². The molecule has 0 bridgehead atoms. The molecule has 0 aromatic heterocycles. The first-order valence-electron chi connectivity index (χ1n) is 10.8. The fourth-order valence-corrected chi connectivity index (χ4v) is 5.32. The van der Waals surface area contributed by atoms with Gasteiger partial charge in [-0.05, 0) is 54.2 Å². The van der Waals surface area contributed by atoms with Crippen molar-refractivity contribution in [2.24, 2.45) is 0 Å². The number of benzene rings is 2. The van der Waals surface area contributed by atoms with Crippen LogP contribution >= 0.6 is 0 Å². The number of urea groups is 1. The highest BCUT2D eigenvalue weighted by molar-refractivity contribution is 7.92. The number of imide groups is 1. The summed E-state index contributed by atoms with van der Waals surface area (Å²) in [5.41, 5.74) is 2.16. The standard InChI is InChI=1S/C24H27N3O5S/c1-15(2)16-5-8-19(9-6-16)24(3)22(29)26(23(30)25-24)14-21(28)18-7-10-20-17(13-18)11-12-27(20)33(4,31)32/h5-10,13,15H,11-12,14H2,1-4H3,(H,25,30). The fraction of sp³-hybridized carbons (Fsp3) is 0.375. The number of Topliss-reactive ketones (excluding diaryl/α,β-unsaturated/α-hetero) is 1. The van der Waals surface area contributed by atoms with E-state index in [0.29, 0.717) is 35.7 Å².